The van der Waals surface area contributed by atoms with Gasteiger partial charge in [0.15, 0.2) is 0 Å². The predicted molar refractivity (Wildman–Crippen MR) is 68.7 cm³/mol. The smallest absolute Gasteiger partial charge is 0.326 e. The molecule has 0 heterocycles. The largest absolute Gasteiger partial charge is 0.468 e. The monoisotopic (exact) mass is 242 g/mol. The van der Waals surface area contributed by atoms with E-state index in [4.69, 9.17) is 10.5 Å². The lowest BCUT2D eigenvalue weighted by atomic mass is 9.86. The van der Waals surface area contributed by atoms with E-state index in [1.165, 1.54) is 32.8 Å². The van der Waals surface area contributed by atoms with Crippen LogP contribution in [-0.4, -0.2) is 43.2 Å². The van der Waals surface area contributed by atoms with Crippen molar-refractivity contribution < 1.29 is 9.53 Å². The molecule has 1 rings (SSSR count). The van der Waals surface area contributed by atoms with E-state index in [2.05, 4.69) is 18.9 Å². The lowest BCUT2D eigenvalue weighted by Gasteiger charge is -2.37. The minimum Gasteiger partial charge on any atom is -0.468 e. The van der Waals surface area contributed by atoms with Crippen molar-refractivity contribution in [3.63, 3.8) is 0 Å². The lowest BCUT2D eigenvalue weighted by molar-refractivity contribution is -0.147. The van der Waals surface area contributed by atoms with Crippen LogP contribution in [0, 0.1) is 5.92 Å². The Morgan fingerprint density at radius 1 is 1.41 bits per heavy atom. The molecule has 1 unspecified atom stereocenters. The number of likely N-dealkylation sites (N-methyl/N-ethyl adjacent to an activating group) is 1. The number of hydrogen-bond acceptors (Lipinski definition) is 4. The van der Waals surface area contributed by atoms with Gasteiger partial charge in [0.1, 0.15) is 5.54 Å². The zero-order valence-electron chi connectivity index (χ0n) is 11.5. The van der Waals surface area contributed by atoms with Gasteiger partial charge in [-0.3, -0.25) is 4.79 Å². The molecular formula is C13H26N2O2. The lowest BCUT2D eigenvalue weighted by Crippen LogP contribution is -2.55. The van der Waals surface area contributed by atoms with Crippen LogP contribution in [0.2, 0.25) is 0 Å². The van der Waals surface area contributed by atoms with Gasteiger partial charge in [-0.2, -0.15) is 0 Å². The maximum absolute atomic E-state index is 11.5. The van der Waals surface area contributed by atoms with Gasteiger partial charge in [0.05, 0.1) is 7.11 Å². The van der Waals surface area contributed by atoms with E-state index in [-0.39, 0.29) is 5.97 Å². The highest BCUT2D eigenvalue weighted by molar-refractivity contribution is 5.80. The molecule has 0 radical (unpaired) electrons. The Kier molecular flexibility index (Phi) is 4.95. The average molecular weight is 242 g/mol. The van der Waals surface area contributed by atoms with E-state index in [1.54, 1.807) is 6.92 Å². The topological polar surface area (TPSA) is 55.6 Å². The summed E-state index contributed by atoms with van der Waals surface area (Å²) in [4.78, 5) is 13.7. The number of rotatable bonds is 4. The second-order valence-corrected chi connectivity index (χ2v) is 5.74. The summed E-state index contributed by atoms with van der Waals surface area (Å²) in [6.45, 7) is 4.59. The maximum atomic E-state index is 11.5. The van der Waals surface area contributed by atoms with E-state index in [0.29, 0.717) is 12.6 Å². The van der Waals surface area contributed by atoms with Gasteiger partial charge in [0.2, 0.25) is 0 Å². The van der Waals surface area contributed by atoms with Gasteiger partial charge >= 0.3 is 5.97 Å². The molecule has 100 valence electrons. The summed E-state index contributed by atoms with van der Waals surface area (Å²) >= 11 is 0. The standard InChI is InChI=1S/C13H26N2O2/c1-10-5-7-11(8-6-10)15(3)9-13(2,14)12(16)17-4/h10-11H,5-9,14H2,1-4H3. The highest BCUT2D eigenvalue weighted by Gasteiger charge is 2.33. The molecule has 0 saturated heterocycles. The molecule has 17 heavy (non-hydrogen) atoms. The summed E-state index contributed by atoms with van der Waals surface area (Å²) in [5, 5.41) is 0. The van der Waals surface area contributed by atoms with E-state index >= 15 is 0 Å². The van der Waals surface area contributed by atoms with E-state index in [1.807, 2.05) is 0 Å². The third kappa shape index (κ3) is 3.96. The Morgan fingerprint density at radius 2 is 1.94 bits per heavy atom. The fourth-order valence-electron chi connectivity index (χ4n) is 2.63. The zero-order valence-corrected chi connectivity index (χ0v) is 11.5. The number of methoxy groups -OCH3 is 1. The van der Waals surface area contributed by atoms with Crippen LogP contribution in [0.4, 0.5) is 0 Å². The number of carbonyl (C=O) groups excluding carboxylic acids is 1. The first-order valence-electron chi connectivity index (χ1n) is 6.44. The summed E-state index contributed by atoms with van der Waals surface area (Å²) in [7, 11) is 3.43. The Morgan fingerprint density at radius 3 is 2.41 bits per heavy atom. The van der Waals surface area contributed by atoms with Crippen LogP contribution >= 0.6 is 0 Å². The van der Waals surface area contributed by atoms with Crippen molar-refractivity contribution in [2.24, 2.45) is 11.7 Å². The van der Waals surface area contributed by atoms with Crippen LogP contribution in [0.25, 0.3) is 0 Å². The molecule has 4 heteroatoms. The highest BCUT2D eigenvalue weighted by Crippen LogP contribution is 2.27. The van der Waals surface area contributed by atoms with Crippen molar-refractivity contribution in [1.29, 1.82) is 0 Å². The SMILES string of the molecule is COC(=O)C(C)(N)CN(C)C1CCC(C)CC1. The maximum Gasteiger partial charge on any atom is 0.326 e. The second kappa shape index (κ2) is 5.83. The zero-order chi connectivity index (χ0) is 13.1. The van der Waals surface area contributed by atoms with Crippen LogP contribution in [0.15, 0.2) is 0 Å². The van der Waals surface area contributed by atoms with Crippen molar-refractivity contribution in [2.75, 3.05) is 20.7 Å². The van der Waals surface area contributed by atoms with Crippen molar-refractivity contribution in [2.45, 2.75) is 51.1 Å². The van der Waals surface area contributed by atoms with E-state index < -0.39 is 5.54 Å². The third-order valence-corrected chi connectivity index (χ3v) is 3.84. The fourth-order valence-corrected chi connectivity index (χ4v) is 2.63. The summed E-state index contributed by atoms with van der Waals surface area (Å²) in [6, 6.07) is 0.554. The molecule has 0 aliphatic heterocycles. The molecule has 0 amide bonds. The first kappa shape index (κ1) is 14.5. The van der Waals surface area contributed by atoms with Crippen molar-refractivity contribution in [1.82, 2.24) is 4.90 Å². The van der Waals surface area contributed by atoms with Crippen LogP contribution in [0.3, 0.4) is 0 Å². The van der Waals surface area contributed by atoms with Crippen molar-refractivity contribution in [3.8, 4) is 0 Å². The summed E-state index contributed by atoms with van der Waals surface area (Å²) in [5.74, 6) is 0.498. The molecule has 1 aliphatic rings. The molecule has 1 atom stereocenters. The molecule has 2 N–H and O–H groups in total. The summed E-state index contributed by atoms with van der Waals surface area (Å²) < 4.78 is 4.73. The van der Waals surface area contributed by atoms with Gasteiger partial charge in [-0.25, -0.2) is 0 Å². The van der Waals surface area contributed by atoms with Gasteiger partial charge in [0, 0.05) is 12.6 Å². The predicted octanol–water partition coefficient (Wildman–Crippen LogP) is 1.39. The number of esters is 1. The third-order valence-electron chi connectivity index (χ3n) is 3.84. The van der Waals surface area contributed by atoms with Crippen LogP contribution in [0.1, 0.15) is 39.5 Å². The molecule has 1 saturated carbocycles. The van der Waals surface area contributed by atoms with Gasteiger partial charge in [-0.05, 0) is 45.6 Å². The molecule has 0 aromatic rings. The second-order valence-electron chi connectivity index (χ2n) is 5.74. The highest BCUT2D eigenvalue weighted by atomic mass is 16.5. The number of hydrogen-bond donors (Lipinski definition) is 1. The molecule has 0 aromatic carbocycles. The van der Waals surface area contributed by atoms with Crippen molar-refractivity contribution in [3.05, 3.63) is 0 Å². The average Bonchev–Trinajstić information content (AvgIpc) is 2.28. The molecule has 0 spiro atoms. The molecule has 1 aliphatic carbocycles. The van der Waals surface area contributed by atoms with E-state index in [0.717, 1.165) is 5.92 Å². The van der Waals surface area contributed by atoms with Gasteiger partial charge in [-0.15, -0.1) is 0 Å². The summed E-state index contributed by atoms with van der Waals surface area (Å²) in [6.07, 6.45) is 4.95. The molecular weight excluding hydrogens is 216 g/mol. The quantitative estimate of drug-likeness (QED) is 0.757. The molecule has 0 bridgehead atoms. The first-order chi connectivity index (χ1) is 7.86. The minimum absolute atomic E-state index is 0.339. The first-order valence-corrected chi connectivity index (χ1v) is 6.44. The molecule has 0 aromatic heterocycles. The number of nitrogens with zero attached hydrogens (tertiary/aromatic N) is 1. The van der Waals surface area contributed by atoms with Crippen LogP contribution in [-0.2, 0) is 9.53 Å². The number of carbonyl (C=O) groups is 1. The van der Waals surface area contributed by atoms with Crippen LogP contribution in [0.5, 0.6) is 0 Å². The Labute approximate surface area is 104 Å². The van der Waals surface area contributed by atoms with Gasteiger partial charge < -0.3 is 15.4 Å². The van der Waals surface area contributed by atoms with Gasteiger partial charge in [0.25, 0.3) is 0 Å². The Hall–Kier alpha value is -0.610. The Balaban J connectivity index is 2.48. The minimum atomic E-state index is -0.910. The number of ether oxygens (including phenoxy) is 1. The van der Waals surface area contributed by atoms with Gasteiger partial charge in [-0.1, -0.05) is 6.92 Å². The van der Waals surface area contributed by atoms with E-state index in [9.17, 15) is 4.79 Å². The van der Waals surface area contributed by atoms with Crippen LogP contribution < -0.4 is 5.73 Å². The Bertz CT molecular complexity index is 258. The van der Waals surface area contributed by atoms with Crippen molar-refractivity contribution >= 4 is 5.97 Å². The fraction of sp³-hybridized carbons (Fsp3) is 0.923. The molecule has 4 nitrogen and oxygen atoms in total. The molecule has 1 fully saturated rings. The number of nitrogens with two attached hydrogens (primary N) is 1. The summed E-state index contributed by atoms with van der Waals surface area (Å²) in [5.41, 5.74) is 5.08. The normalized spacial score (nSPS) is 28.8.